The molecule has 6 heteroatoms. The maximum Gasteiger partial charge on any atom is 2.00 e. The topological polar surface area (TPSA) is 73.1 Å². The van der Waals surface area contributed by atoms with Gasteiger partial charge in [0.15, 0.2) is 0 Å². The molecular formula is C23H24N2O2WY. The number of anilines is 1. The first kappa shape index (κ1) is 27.5. The van der Waals surface area contributed by atoms with E-state index in [0.29, 0.717) is 5.69 Å². The zero-order valence-electron chi connectivity index (χ0n) is 16.8. The largest absolute Gasteiger partial charge is 2.00 e. The van der Waals surface area contributed by atoms with Crippen LogP contribution in [0.2, 0.25) is 0 Å². The van der Waals surface area contributed by atoms with E-state index in [1.54, 1.807) is 30.3 Å². The fourth-order valence-corrected chi connectivity index (χ4v) is 2.82. The number of hydrogen-bond donors (Lipinski definition) is 2. The first-order chi connectivity index (χ1) is 12.4. The van der Waals surface area contributed by atoms with Crippen LogP contribution in [-0.4, -0.2) is 11.0 Å². The quantitative estimate of drug-likeness (QED) is 0.347. The molecule has 0 unspecified atom stereocenters. The Balaban J connectivity index is 0.00000261. The maximum absolute atomic E-state index is 12.3. The molecule has 3 aromatic carbocycles. The summed E-state index contributed by atoms with van der Waals surface area (Å²) in [6.07, 6.45) is 0.256. The van der Waals surface area contributed by atoms with Crippen molar-refractivity contribution in [3.63, 3.8) is 0 Å². The number of amides is 1. The summed E-state index contributed by atoms with van der Waals surface area (Å²) in [5.41, 5.74) is 14.0. The summed E-state index contributed by atoms with van der Waals surface area (Å²) < 4.78 is 0. The van der Waals surface area contributed by atoms with Crippen LogP contribution in [0.25, 0.3) is 16.9 Å². The van der Waals surface area contributed by atoms with E-state index >= 15 is 0 Å². The van der Waals surface area contributed by atoms with E-state index in [1.807, 2.05) is 44.2 Å². The molecule has 29 heavy (non-hydrogen) atoms. The average Bonchev–Trinajstić information content (AvgIpc) is 2.61. The van der Waals surface area contributed by atoms with E-state index < -0.39 is 0 Å². The van der Waals surface area contributed by atoms with E-state index in [9.17, 15) is 9.90 Å². The first-order valence-electron chi connectivity index (χ1n) is 8.43. The number of carbonyl (C=O) groups excluding carboxylic acids is 1. The van der Waals surface area contributed by atoms with Gasteiger partial charge in [0.05, 0.1) is 6.42 Å². The molecule has 0 aromatic heterocycles. The Labute approximate surface area is 212 Å². The van der Waals surface area contributed by atoms with Crippen molar-refractivity contribution in [1.82, 2.24) is 0 Å². The van der Waals surface area contributed by atoms with Crippen molar-refractivity contribution in [3.05, 3.63) is 90.5 Å². The summed E-state index contributed by atoms with van der Waals surface area (Å²) >= 11 is 0. The van der Waals surface area contributed by atoms with E-state index in [1.165, 1.54) is 0 Å². The van der Waals surface area contributed by atoms with Crippen LogP contribution < -0.4 is 5.32 Å². The van der Waals surface area contributed by atoms with Gasteiger partial charge in [0.2, 0.25) is 5.91 Å². The van der Waals surface area contributed by atoms with Crippen molar-refractivity contribution in [1.29, 1.82) is 0 Å². The minimum atomic E-state index is -0.0963. The summed E-state index contributed by atoms with van der Waals surface area (Å²) in [5.74, 6) is 0.0928. The normalized spacial score (nSPS) is 9.45. The molecule has 0 saturated carbocycles. The average molecular weight is 633 g/mol. The molecule has 0 saturated heterocycles. The van der Waals surface area contributed by atoms with Gasteiger partial charge in [-0.15, -0.1) is 5.69 Å². The van der Waals surface area contributed by atoms with Crippen molar-refractivity contribution in [2.24, 2.45) is 0 Å². The monoisotopic (exact) mass is 633 g/mol. The molecule has 0 bridgehead atoms. The van der Waals surface area contributed by atoms with Gasteiger partial charge in [-0.3, -0.25) is 4.79 Å². The predicted octanol–water partition coefficient (Wildman–Crippen LogP) is 5.99. The van der Waals surface area contributed by atoms with E-state index in [2.05, 4.69) is 5.32 Å². The first-order valence-corrected chi connectivity index (χ1v) is 8.43. The van der Waals surface area contributed by atoms with E-state index in [4.69, 9.17) is 5.73 Å². The number of phenolic OH excluding ortho intramolecular Hbond substituents is 1. The van der Waals surface area contributed by atoms with Gasteiger partial charge in [0.1, 0.15) is 5.75 Å². The van der Waals surface area contributed by atoms with Crippen LogP contribution in [0.1, 0.15) is 16.7 Å². The van der Waals surface area contributed by atoms with Gasteiger partial charge in [0.25, 0.3) is 0 Å². The smallest absolute Gasteiger partial charge is 0.699 e. The van der Waals surface area contributed by atoms with Gasteiger partial charge in [-0.1, -0.05) is 42.0 Å². The zero-order valence-corrected chi connectivity index (χ0v) is 22.6. The zero-order chi connectivity index (χ0) is 18.7. The van der Waals surface area contributed by atoms with Crippen LogP contribution in [0.5, 0.6) is 5.75 Å². The van der Waals surface area contributed by atoms with Crippen molar-refractivity contribution in [2.45, 2.75) is 20.3 Å². The maximum atomic E-state index is 12.3. The third kappa shape index (κ3) is 7.37. The van der Waals surface area contributed by atoms with Crippen LogP contribution >= 0.6 is 0 Å². The predicted molar refractivity (Wildman–Crippen MR) is 112 cm³/mol. The van der Waals surface area contributed by atoms with Gasteiger partial charge in [0, 0.05) is 38.4 Å². The number of carbonyl (C=O) groups is 1. The fourth-order valence-electron chi connectivity index (χ4n) is 2.82. The SMILES string of the molecule is Cc1cc(-c2ccc(NC(=O)Cc3ccc(O)cc3)c(C)c2)ccc1[NH-].[CH3-].[W+2].[Y]. The molecular weight excluding hydrogens is 609 g/mol. The Hall–Kier alpha value is -1.48. The summed E-state index contributed by atoms with van der Waals surface area (Å²) in [7, 11) is 0. The number of hydrogen-bond acceptors (Lipinski definition) is 2. The van der Waals surface area contributed by atoms with E-state index in [-0.39, 0.29) is 79.3 Å². The van der Waals surface area contributed by atoms with Crippen LogP contribution in [0.3, 0.4) is 0 Å². The fraction of sp³-hybridized carbons (Fsp3) is 0.130. The van der Waals surface area contributed by atoms with Crippen molar-refractivity contribution >= 4 is 17.3 Å². The molecule has 0 fully saturated rings. The molecule has 0 spiro atoms. The molecule has 0 aliphatic carbocycles. The third-order valence-electron chi connectivity index (χ3n) is 4.36. The summed E-state index contributed by atoms with van der Waals surface area (Å²) in [5, 5.41) is 12.2. The standard InChI is InChI=1S/C22H21N2O2.CH3.W.Y/c1-14-11-17(5-9-20(14)23)18-6-10-21(15(2)12-18)24-22(26)13-16-3-7-19(25)8-4-16;;;/h3-12,23,25H,13H2,1-2H3,(H,24,26);1H3;;/q2*-1;+2;. The Kier molecular flexibility index (Phi) is 11.6. The van der Waals surface area contributed by atoms with Crippen LogP contribution in [-0.2, 0) is 65.0 Å². The Bertz CT molecular complexity index is 960. The molecule has 4 nitrogen and oxygen atoms in total. The minimum absolute atomic E-state index is 0. The van der Waals surface area contributed by atoms with Gasteiger partial charge >= 0.3 is 21.1 Å². The minimum Gasteiger partial charge on any atom is -0.699 e. The molecule has 3 rings (SSSR count). The second-order valence-electron chi connectivity index (χ2n) is 6.45. The molecule has 0 heterocycles. The number of benzene rings is 3. The third-order valence-corrected chi connectivity index (χ3v) is 4.36. The summed E-state index contributed by atoms with van der Waals surface area (Å²) in [6.45, 7) is 3.89. The second kappa shape index (κ2) is 12.3. The number of aryl methyl sites for hydroxylation is 2. The molecule has 3 N–H and O–H groups in total. The van der Waals surface area contributed by atoms with Crippen molar-refractivity contribution in [2.75, 3.05) is 5.32 Å². The van der Waals surface area contributed by atoms with Crippen LogP contribution in [0.15, 0.2) is 60.7 Å². The molecule has 0 aliphatic rings. The number of rotatable bonds is 4. The molecule has 3 aromatic rings. The second-order valence-corrected chi connectivity index (χ2v) is 6.45. The van der Waals surface area contributed by atoms with Crippen molar-refractivity contribution < 1.29 is 63.7 Å². The Morgan fingerprint density at radius 2 is 1.48 bits per heavy atom. The Morgan fingerprint density at radius 3 is 2.03 bits per heavy atom. The van der Waals surface area contributed by atoms with Gasteiger partial charge in [-0.05, 0) is 60.4 Å². The number of aromatic hydroxyl groups is 1. The van der Waals surface area contributed by atoms with Crippen LogP contribution in [0.4, 0.5) is 11.4 Å². The molecule has 1 amide bonds. The van der Waals surface area contributed by atoms with Gasteiger partial charge < -0.3 is 23.6 Å². The summed E-state index contributed by atoms with van der Waals surface area (Å²) in [4.78, 5) is 12.3. The molecule has 1 radical (unpaired) electrons. The molecule has 0 aliphatic heterocycles. The van der Waals surface area contributed by atoms with Crippen LogP contribution in [0, 0.1) is 21.3 Å². The molecule has 0 atom stereocenters. The Morgan fingerprint density at radius 1 is 0.931 bits per heavy atom. The van der Waals surface area contributed by atoms with Gasteiger partial charge in [-0.25, -0.2) is 0 Å². The van der Waals surface area contributed by atoms with Gasteiger partial charge in [-0.2, -0.15) is 0 Å². The number of nitrogens with one attached hydrogen (secondary N) is 2. The van der Waals surface area contributed by atoms with Crippen molar-refractivity contribution in [3.8, 4) is 16.9 Å². The molecule has 147 valence electrons. The summed E-state index contributed by atoms with van der Waals surface area (Å²) in [6, 6.07) is 18.3. The number of phenols is 1. The van der Waals surface area contributed by atoms with E-state index in [0.717, 1.165) is 33.5 Å².